The summed E-state index contributed by atoms with van der Waals surface area (Å²) in [6.45, 7) is 0.622. The molecule has 2 amide bonds. The summed E-state index contributed by atoms with van der Waals surface area (Å²) < 4.78 is 5.14. The van der Waals surface area contributed by atoms with Crippen molar-refractivity contribution in [3.63, 3.8) is 0 Å². The fourth-order valence-electron chi connectivity index (χ4n) is 3.01. The van der Waals surface area contributed by atoms with Gasteiger partial charge in [-0.05, 0) is 42.7 Å². The van der Waals surface area contributed by atoms with Gasteiger partial charge in [-0.25, -0.2) is 9.78 Å². The number of aliphatic hydroxyl groups is 1. The van der Waals surface area contributed by atoms with Crippen molar-refractivity contribution in [3.05, 3.63) is 54.2 Å². The first-order valence-electron chi connectivity index (χ1n) is 7.99. The van der Waals surface area contributed by atoms with E-state index >= 15 is 0 Å². The zero-order chi connectivity index (χ0) is 16.9. The van der Waals surface area contributed by atoms with Crippen LogP contribution in [0.4, 0.5) is 10.6 Å². The maximum atomic E-state index is 12.5. The van der Waals surface area contributed by atoms with Crippen molar-refractivity contribution >= 4 is 11.8 Å². The molecule has 0 saturated carbocycles. The van der Waals surface area contributed by atoms with Gasteiger partial charge in [-0.3, -0.25) is 5.32 Å². The van der Waals surface area contributed by atoms with E-state index in [1.807, 2.05) is 30.3 Å². The van der Waals surface area contributed by atoms with Crippen LogP contribution in [0.1, 0.15) is 24.5 Å². The normalized spacial score (nSPS) is 18.2. The molecule has 2 N–H and O–H groups in total. The number of nitrogens with zero attached hydrogens (tertiary/aromatic N) is 2. The van der Waals surface area contributed by atoms with Crippen molar-refractivity contribution in [1.82, 2.24) is 9.88 Å². The molecule has 1 fully saturated rings. The number of amides is 2. The van der Waals surface area contributed by atoms with Crippen molar-refractivity contribution in [2.45, 2.75) is 25.0 Å². The molecule has 0 aliphatic carbocycles. The van der Waals surface area contributed by atoms with Crippen LogP contribution in [-0.4, -0.2) is 40.7 Å². The summed E-state index contributed by atoms with van der Waals surface area (Å²) in [7, 11) is 1.60. The summed E-state index contributed by atoms with van der Waals surface area (Å²) in [6.07, 6.45) is 2.53. The molecule has 0 unspecified atom stereocenters. The highest BCUT2D eigenvalue weighted by molar-refractivity contribution is 5.88. The smallest absolute Gasteiger partial charge is 0.323 e. The van der Waals surface area contributed by atoms with Crippen LogP contribution in [0.2, 0.25) is 0 Å². The molecule has 2 heterocycles. The van der Waals surface area contributed by atoms with Gasteiger partial charge in [0, 0.05) is 12.7 Å². The Hall–Kier alpha value is -2.60. The SMILES string of the molecule is COc1ccc([C@H](O)[C@H]2CCCN2C(=O)Nc2ccccn2)cc1. The van der Waals surface area contributed by atoms with Crippen molar-refractivity contribution in [3.8, 4) is 5.75 Å². The van der Waals surface area contributed by atoms with Gasteiger partial charge < -0.3 is 14.7 Å². The summed E-state index contributed by atoms with van der Waals surface area (Å²) in [4.78, 5) is 18.3. The quantitative estimate of drug-likeness (QED) is 0.905. The molecule has 2 aromatic rings. The highest BCUT2D eigenvalue weighted by Crippen LogP contribution is 2.30. The van der Waals surface area contributed by atoms with Crippen molar-refractivity contribution in [2.24, 2.45) is 0 Å². The van der Waals surface area contributed by atoms with E-state index in [1.165, 1.54) is 0 Å². The summed E-state index contributed by atoms with van der Waals surface area (Å²) >= 11 is 0. The second-order valence-corrected chi connectivity index (χ2v) is 5.77. The molecule has 0 bridgehead atoms. The zero-order valence-corrected chi connectivity index (χ0v) is 13.6. The molecule has 0 radical (unpaired) electrons. The van der Waals surface area contributed by atoms with Crippen molar-refractivity contribution in [1.29, 1.82) is 0 Å². The number of rotatable bonds is 4. The number of ether oxygens (including phenoxy) is 1. The third-order valence-corrected chi connectivity index (χ3v) is 4.28. The Morgan fingerprint density at radius 3 is 2.79 bits per heavy atom. The number of urea groups is 1. The number of likely N-dealkylation sites (tertiary alicyclic amines) is 1. The lowest BCUT2D eigenvalue weighted by molar-refractivity contribution is 0.0891. The summed E-state index contributed by atoms with van der Waals surface area (Å²) in [5, 5.41) is 13.5. The molecule has 6 nitrogen and oxygen atoms in total. The maximum absolute atomic E-state index is 12.5. The lowest BCUT2D eigenvalue weighted by Crippen LogP contribution is -2.41. The second kappa shape index (κ2) is 7.31. The highest BCUT2D eigenvalue weighted by atomic mass is 16.5. The van der Waals surface area contributed by atoms with Crippen LogP contribution in [0.5, 0.6) is 5.75 Å². The summed E-state index contributed by atoms with van der Waals surface area (Å²) in [5.74, 6) is 1.24. The largest absolute Gasteiger partial charge is 0.497 e. The highest BCUT2D eigenvalue weighted by Gasteiger charge is 2.34. The predicted octanol–water partition coefficient (Wildman–Crippen LogP) is 2.82. The molecule has 0 spiro atoms. The zero-order valence-electron chi connectivity index (χ0n) is 13.6. The molecule has 6 heteroatoms. The van der Waals surface area contributed by atoms with Gasteiger partial charge in [-0.2, -0.15) is 0 Å². The minimum absolute atomic E-state index is 0.233. The first kappa shape index (κ1) is 16.3. The van der Waals surface area contributed by atoms with Gasteiger partial charge in [0.2, 0.25) is 0 Å². The van der Waals surface area contributed by atoms with E-state index in [0.29, 0.717) is 12.4 Å². The molecule has 1 saturated heterocycles. The molecule has 1 aliphatic heterocycles. The molecular weight excluding hydrogens is 306 g/mol. The minimum atomic E-state index is -0.729. The van der Waals surface area contributed by atoms with E-state index in [-0.39, 0.29) is 12.1 Å². The Balaban J connectivity index is 1.70. The molecule has 1 aliphatic rings. The maximum Gasteiger partial charge on any atom is 0.323 e. The van der Waals surface area contributed by atoms with Crippen LogP contribution in [0.3, 0.4) is 0 Å². The summed E-state index contributed by atoms with van der Waals surface area (Å²) in [5.41, 5.74) is 0.776. The number of hydrogen-bond donors (Lipinski definition) is 2. The standard InChI is InChI=1S/C18H21N3O3/c1-24-14-9-7-13(8-10-14)17(22)15-5-4-12-21(15)18(23)20-16-6-2-3-11-19-16/h2-3,6-11,15,17,22H,4-5,12H2,1H3,(H,19,20,23)/t15-,17+/m1/s1. The average Bonchev–Trinajstić information content (AvgIpc) is 3.12. The van der Waals surface area contributed by atoms with Crippen LogP contribution >= 0.6 is 0 Å². The van der Waals surface area contributed by atoms with Crippen LogP contribution in [-0.2, 0) is 0 Å². The third-order valence-electron chi connectivity index (χ3n) is 4.28. The Kier molecular flexibility index (Phi) is 4.96. The van der Waals surface area contributed by atoms with E-state index in [9.17, 15) is 9.90 Å². The molecular formula is C18H21N3O3. The van der Waals surface area contributed by atoms with Crippen LogP contribution in [0, 0.1) is 0 Å². The van der Waals surface area contributed by atoms with E-state index in [4.69, 9.17) is 4.74 Å². The van der Waals surface area contributed by atoms with Gasteiger partial charge in [0.15, 0.2) is 0 Å². The van der Waals surface area contributed by atoms with Gasteiger partial charge in [-0.15, -0.1) is 0 Å². The van der Waals surface area contributed by atoms with Crippen LogP contribution < -0.4 is 10.1 Å². The number of benzene rings is 1. The Bertz CT molecular complexity index is 676. The number of aliphatic hydroxyl groups excluding tert-OH is 1. The van der Waals surface area contributed by atoms with Gasteiger partial charge >= 0.3 is 6.03 Å². The van der Waals surface area contributed by atoms with Crippen molar-refractivity contribution in [2.75, 3.05) is 19.0 Å². The Morgan fingerprint density at radius 2 is 2.12 bits per heavy atom. The number of carbonyl (C=O) groups is 1. The molecule has 1 aromatic carbocycles. The molecule has 2 atom stereocenters. The Labute approximate surface area is 141 Å². The fraction of sp³-hybridized carbons (Fsp3) is 0.333. The first-order valence-corrected chi connectivity index (χ1v) is 7.99. The average molecular weight is 327 g/mol. The van der Waals surface area contributed by atoms with Crippen molar-refractivity contribution < 1.29 is 14.6 Å². The van der Waals surface area contributed by atoms with Gasteiger partial charge in [0.1, 0.15) is 11.6 Å². The van der Waals surface area contributed by atoms with Crippen LogP contribution in [0.15, 0.2) is 48.7 Å². The molecule has 126 valence electrons. The Morgan fingerprint density at radius 1 is 1.33 bits per heavy atom. The number of pyridine rings is 1. The molecule has 1 aromatic heterocycles. The number of hydrogen-bond acceptors (Lipinski definition) is 4. The number of methoxy groups -OCH3 is 1. The predicted molar refractivity (Wildman–Crippen MR) is 90.9 cm³/mol. The van der Waals surface area contributed by atoms with Crippen LogP contribution in [0.25, 0.3) is 0 Å². The third kappa shape index (κ3) is 3.49. The number of nitrogens with one attached hydrogen (secondary N) is 1. The summed E-state index contributed by atoms with van der Waals surface area (Å²) in [6, 6.07) is 12.2. The number of carbonyl (C=O) groups excluding carboxylic acids is 1. The van der Waals surface area contributed by atoms with E-state index < -0.39 is 6.10 Å². The van der Waals surface area contributed by atoms with Gasteiger partial charge in [0.05, 0.1) is 19.3 Å². The van der Waals surface area contributed by atoms with Gasteiger partial charge in [-0.1, -0.05) is 18.2 Å². The second-order valence-electron chi connectivity index (χ2n) is 5.77. The van der Waals surface area contributed by atoms with E-state index in [1.54, 1.807) is 30.3 Å². The monoisotopic (exact) mass is 327 g/mol. The topological polar surface area (TPSA) is 74.7 Å². The lowest BCUT2D eigenvalue weighted by atomic mass is 10.0. The first-order chi connectivity index (χ1) is 11.7. The van der Waals surface area contributed by atoms with E-state index in [0.717, 1.165) is 24.2 Å². The van der Waals surface area contributed by atoms with E-state index in [2.05, 4.69) is 10.3 Å². The molecule has 24 heavy (non-hydrogen) atoms. The lowest BCUT2D eigenvalue weighted by Gasteiger charge is -2.29. The minimum Gasteiger partial charge on any atom is -0.497 e. The molecule has 3 rings (SSSR count). The fourth-order valence-corrected chi connectivity index (χ4v) is 3.01. The number of anilines is 1. The van der Waals surface area contributed by atoms with Gasteiger partial charge in [0.25, 0.3) is 0 Å². The number of aromatic nitrogens is 1.